The highest BCUT2D eigenvalue weighted by Gasteiger charge is 2.21. The Balaban J connectivity index is 2.19. The summed E-state index contributed by atoms with van der Waals surface area (Å²) >= 11 is 0. The van der Waals surface area contributed by atoms with Gasteiger partial charge in [0, 0.05) is 12.1 Å². The zero-order chi connectivity index (χ0) is 18.6. The van der Waals surface area contributed by atoms with Crippen molar-refractivity contribution in [2.24, 2.45) is 0 Å². The van der Waals surface area contributed by atoms with Crippen LogP contribution in [0.4, 0.5) is 11.4 Å². The topological polar surface area (TPSA) is 81.5 Å². The molecular weight excluding hydrogens is 320 g/mol. The Bertz CT molecular complexity index is 802. The van der Waals surface area contributed by atoms with Crippen molar-refractivity contribution in [2.45, 2.75) is 40.2 Å². The minimum Gasteiger partial charge on any atom is -0.480 e. The number of anilines is 1. The third kappa shape index (κ3) is 4.56. The number of non-ortho nitro benzene ring substituents is 1. The number of hydrogen-bond acceptors (Lipinski definition) is 4. The van der Waals surface area contributed by atoms with Crippen molar-refractivity contribution in [3.05, 3.63) is 63.2 Å². The molecule has 2 aromatic rings. The number of nitro groups is 1. The van der Waals surface area contributed by atoms with E-state index in [0.717, 1.165) is 16.7 Å². The maximum absolute atomic E-state index is 12.6. The molecule has 6 nitrogen and oxygen atoms in total. The maximum Gasteiger partial charge on any atom is 0.271 e. The molecule has 0 saturated carbocycles. The van der Waals surface area contributed by atoms with Gasteiger partial charge in [-0.15, -0.1) is 0 Å². The van der Waals surface area contributed by atoms with Crippen LogP contribution >= 0.6 is 0 Å². The van der Waals surface area contributed by atoms with Gasteiger partial charge in [-0.25, -0.2) is 0 Å². The van der Waals surface area contributed by atoms with Gasteiger partial charge >= 0.3 is 0 Å². The predicted molar refractivity (Wildman–Crippen MR) is 97.1 cm³/mol. The molecule has 2 aromatic carbocycles. The molecule has 6 heteroatoms. The average Bonchev–Trinajstić information content (AvgIpc) is 2.57. The van der Waals surface area contributed by atoms with Crippen molar-refractivity contribution in [3.8, 4) is 5.75 Å². The molecule has 25 heavy (non-hydrogen) atoms. The standard InChI is InChI=1S/C19H22N2O4/c1-5-17(25-18-10-12(2)6-7-14(18)4)19(22)20-16-11-15(21(23)24)9-8-13(16)3/h6-11,17H,5H2,1-4H3,(H,20,22). The predicted octanol–water partition coefficient (Wildman–Crippen LogP) is 4.32. The minimum atomic E-state index is -0.681. The van der Waals surface area contributed by atoms with E-state index in [0.29, 0.717) is 17.9 Å². The fourth-order valence-corrected chi connectivity index (χ4v) is 2.38. The largest absolute Gasteiger partial charge is 0.480 e. The number of aryl methyl sites for hydroxylation is 3. The molecular formula is C19H22N2O4. The Morgan fingerprint density at radius 3 is 2.48 bits per heavy atom. The highest BCUT2D eigenvalue weighted by molar-refractivity contribution is 5.95. The van der Waals surface area contributed by atoms with Crippen LogP contribution in [0.25, 0.3) is 0 Å². The molecule has 0 spiro atoms. The van der Waals surface area contributed by atoms with Gasteiger partial charge in [0.05, 0.1) is 10.6 Å². The van der Waals surface area contributed by atoms with E-state index in [1.54, 1.807) is 13.0 Å². The summed E-state index contributed by atoms with van der Waals surface area (Å²) in [5.74, 6) is 0.338. The zero-order valence-electron chi connectivity index (χ0n) is 14.8. The van der Waals surface area contributed by atoms with Crippen molar-refractivity contribution >= 4 is 17.3 Å². The lowest BCUT2D eigenvalue weighted by molar-refractivity contribution is -0.384. The van der Waals surface area contributed by atoms with Gasteiger partial charge in [0.25, 0.3) is 11.6 Å². The summed E-state index contributed by atoms with van der Waals surface area (Å²) in [5.41, 5.74) is 3.10. The van der Waals surface area contributed by atoms with Gasteiger partial charge in [0.1, 0.15) is 5.75 Å². The van der Waals surface area contributed by atoms with Gasteiger partial charge in [0.2, 0.25) is 0 Å². The quantitative estimate of drug-likeness (QED) is 0.626. The summed E-state index contributed by atoms with van der Waals surface area (Å²) in [6.45, 7) is 7.52. The second-order valence-corrected chi connectivity index (χ2v) is 6.03. The Kier molecular flexibility index (Phi) is 5.75. The molecule has 132 valence electrons. The molecule has 1 N–H and O–H groups in total. The van der Waals surface area contributed by atoms with E-state index in [2.05, 4.69) is 5.32 Å². The fourth-order valence-electron chi connectivity index (χ4n) is 2.38. The molecule has 1 atom stereocenters. The average molecular weight is 342 g/mol. The van der Waals surface area contributed by atoms with Crippen LogP contribution < -0.4 is 10.1 Å². The molecule has 0 aliphatic carbocycles. The van der Waals surface area contributed by atoms with E-state index in [1.807, 2.05) is 39.0 Å². The summed E-state index contributed by atoms with van der Waals surface area (Å²) in [6, 6.07) is 10.2. The second kappa shape index (κ2) is 7.79. The van der Waals surface area contributed by atoms with E-state index >= 15 is 0 Å². The molecule has 0 bridgehead atoms. The third-order valence-corrected chi connectivity index (χ3v) is 3.97. The lowest BCUT2D eigenvalue weighted by Gasteiger charge is -2.19. The van der Waals surface area contributed by atoms with E-state index in [4.69, 9.17) is 4.74 Å². The molecule has 0 heterocycles. The van der Waals surface area contributed by atoms with Gasteiger partial charge in [-0.05, 0) is 49.9 Å². The van der Waals surface area contributed by atoms with Gasteiger partial charge in [-0.3, -0.25) is 14.9 Å². The summed E-state index contributed by atoms with van der Waals surface area (Å²) in [5, 5.41) is 13.7. The zero-order valence-corrected chi connectivity index (χ0v) is 14.8. The number of nitro benzene ring substituents is 1. The van der Waals surface area contributed by atoms with Crippen molar-refractivity contribution in [2.75, 3.05) is 5.32 Å². The van der Waals surface area contributed by atoms with Crippen LogP contribution in [0.15, 0.2) is 36.4 Å². The maximum atomic E-state index is 12.6. The number of nitrogens with one attached hydrogen (secondary N) is 1. The molecule has 1 amide bonds. The highest BCUT2D eigenvalue weighted by Crippen LogP contribution is 2.24. The molecule has 1 unspecified atom stereocenters. The smallest absolute Gasteiger partial charge is 0.271 e. The first-order chi connectivity index (χ1) is 11.8. The third-order valence-electron chi connectivity index (χ3n) is 3.97. The number of ether oxygens (including phenoxy) is 1. The molecule has 0 saturated heterocycles. The Morgan fingerprint density at radius 1 is 1.16 bits per heavy atom. The van der Waals surface area contributed by atoms with Crippen LogP contribution in [0.2, 0.25) is 0 Å². The minimum absolute atomic E-state index is 0.0654. The Morgan fingerprint density at radius 2 is 1.84 bits per heavy atom. The van der Waals surface area contributed by atoms with Crippen LogP contribution in [0, 0.1) is 30.9 Å². The first kappa shape index (κ1) is 18.4. The molecule has 0 aliphatic rings. The number of benzene rings is 2. The van der Waals surface area contributed by atoms with E-state index in [1.165, 1.54) is 12.1 Å². The number of carbonyl (C=O) groups is 1. The Hall–Kier alpha value is -2.89. The second-order valence-electron chi connectivity index (χ2n) is 6.03. The Labute approximate surface area is 147 Å². The van der Waals surface area contributed by atoms with Crippen LogP contribution in [0.5, 0.6) is 5.75 Å². The van der Waals surface area contributed by atoms with Gasteiger partial charge < -0.3 is 10.1 Å². The number of nitrogens with zero attached hydrogens (tertiary/aromatic N) is 1. The normalized spacial score (nSPS) is 11.7. The van der Waals surface area contributed by atoms with Crippen molar-refractivity contribution in [1.29, 1.82) is 0 Å². The first-order valence-electron chi connectivity index (χ1n) is 8.11. The summed E-state index contributed by atoms with van der Waals surface area (Å²) in [7, 11) is 0. The van der Waals surface area contributed by atoms with Crippen LogP contribution in [0.3, 0.4) is 0 Å². The van der Waals surface area contributed by atoms with Crippen molar-refractivity contribution < 1.29 is 14.5 Å². The molecule has 2 rings (SSSR count). The van der Waals surface area contributed by atoms with Crippen molar-refractivity contribution in [1.82, 2.24) is 0 Å². The lowest BCUT2D eigenvalue weighted by atomic mass is 10.1. The number of amides is 1. The van der Waals surface area contributed by atoms with Crippen LogP contribution in [-0.2, 0) is 4.79 Å². The first-order valence-corrected chi connectivity index (χ1v) is 8.11. The van der Waals surface area contributed by atoms with Gasteiger partial charge in [0.15, 0.2) is 6.10 Å². The monoisotopic (exact) mass is 342 g/mol. The van der Waals surface area contributed by atoms with Crippen molar-refractivity contribution in [3.63, 3.8) is 0 Å². The number of carbonyl (C=O) groups excluding carboxylic acids is 1. The molecule has 0 aromatic heterocycles. The lowest BCUT2D eigenvalue weighted by Crippen LogP contribution is -2.32. The SMILES string of the molecule is CCC(Oc1cc(C)ccc1C)C(=O)Nc1cc([N+](=O)[O-])ccc1C. The summed E-state index contributed by atoms with van der Waals surface area (Å²) < 4.78 is 5.88. The van der Waals surface area contributed by atoms with E-state index in [9.17, 15) is 14.9 Å². The van der Waals surface area contributed by atoms with Crippen LogP contribution in [0.1, 0.15) is 30.0 Å². The molecule has 0 radical (unpaired) electrons. The number of rotatable bonds is 6. The van der Waals surface area contributed by atoms with Gasteiger partial charge in [-0.2, -0.15) is 0 Å². The highest BCUT2D eigenvalue weighted by atomic mass is 16.6. The van der Waals surface area contributed by atoms with E-state index < -0.39 is 11.0 Å². The summed E-state index contributed by atoms with van der Waals surface area (Å²) in [4.78, 5) is 23.0. The number of hydrogen-bond donors (Lipinski definition) is 1. The van der Waals surface area contributed by atoms with E-state index in [-0.39, 0.29) is 11.6 Å². The molecule has 0 fully saturated rings. The van der Waals surface area contributed by atoms with Gasteiger partial charge in [-0.1, -0.05) is 25.1 Å². The fraction of sp³-hybridized carbons (Fsp3) is 0.316. The van der Waals surface area contributed by atoms with Crippen LogP contribution in [-0.4, -0.2) is 16.9 Å². The molecule has 0 aliphatic heterocycles. The summed E-state index contributed by atoms with van der Waals surface area (Å²) in [6.07, 6.45) is -0.202.